The van der Waals surface area contributed by atoms with Crippen molar-refractivity contribution in [2.45, 2.75) is 32.5 Å². The molecule has 3 aromatic rings. The lowest BCUT2D eigenvalue weighted by Gasteiger charge is -2.36. The number of fused-ring (bicyclic) bond motifs is 1. The highest BCUT2D eigenvalue weighted by atomic mass is 79.9. The topological polar surface area (TPSA) is 58.1 Å². The van der Waals surface area contributed by atoms with Gasteiger partial charge in [-0.1, -0.05) is 22.0 Å². The number of rotatable bonds is 2. The molecule has 0 aliphatic carbocycles. The number of hydrogen-bond donors (Lipinski definition) is 1. The fourth-order valence-electron chi connectivity index (χ4n) is 2.90. The molecule has 0 unspecified atom stereocenters. The zero-order chi connectivity index (χ0) is 21.4. The number of amides is 2. The number of anilines is 2. The summed E-state index contributed by atoms with van der Waals surface area (Å²) < 4.78 is 39.6. The number of aromatic nitrogens is 2. The van der Waals surface area contributed by atoms with Crippen LogP contribution >= 0.6 is 15.9 Å². The smallest absolute Gasteiger partial charge is 0.292 e. The minimum absolute atomic E-state index is 0.182. The number of hydrogen-bond acceptors (Lipinski definition) is 3. The van der Waals surface area contributed by atoms with Gasteiger partial charge in [-0.25, -0.2) is 9.78 Å². The number of alkyl halides is 3. The number of benzene rings is 1. The molecule has 29 heavy (non-hydrogen) atoms. The van der Waals surface area contributed by atoms with Crippen molar-refractivity contribution in [1.82, 2.24) is 9.97 Å². The lowest BCUT2D eigenvalue weighted by molar-refractivity contribution is -0.141. The second-order valence-electron chi connectivity index (χ2n) is 7.33. The Hall–Kier alpha value is -2.68. The van der Waals surface area contributed by atoms with E-state index in [1.807, 2.05) is 39.0 Å². The average molecular weight is 467 g/mol. The van der Waals surface area contributed by atoms with E-state index in [9.17, 15) is 18.0 Å². The first-order valence-corrected chi connectivity index (χ1v) is 9.46. The molecule has 1 N–H and O–H groups in total. The lowest BCUT2D eigenvalue weighted by atomic mass is 10.0. The van der Waals surface area contributed by atoms with Crippen LogP contribution in [0.4, 0.5) is 29.5 Å². The van der Waals surface area contributed by atoms with Gasteiger partial charge in [-0.2, -0.15) is 13.2 Å². The Morgan fingerprint density at radius 1 is 1.10 bits per heavy atom. The van der Waals surface area contributed by atoms with Crippen LogP contribution in [0.15, 0.2) is 53.1 Å². The van der Waals surface area contributed by atoms with Crippen LogP contribution in [0.1, 0.15) is 26.5 Å². The summed E-state index contributed by atoms with van der Waals surface area (Å²) >= 11 is 3.42. The third-order valence-electron chi connectivity index (χ3n) is 4.07. The molecule has 0 fully saturated rings. The van der Waals surface area contributed by atoms with Crippen LogP contribution in [-0.4, -0.2) is 21.5 Å². The molecular formula is C20H18BrF3N4O. The SMILES string of the molecule is CC(C)(C)N(C(=O)Nc1cccc(C(F)(F)F)n1)c1ccnc2ccc(Br)cc12. The maximum atomic E-state index is 13.1. The fraction of sp³-hybridized carbons (Fsp3) is 0.250. The monoisotopic (exact) mass is 466 g/mol. The summed E-state index contributed by atoms with van der Waals surface area (Å²) in [4.78, 5) is 22.4. The number of pyridine rings is 2. The van der Waals surface area contributed by atoms with E-state index in [-0.39, 0.29) is 5.82 Å². The van der Waals surface area contributed by atoms with Gasteiger partial charge in [0.05, 0.1) is 11.2 Å². The molecule has 0 aliphatic rings. The molecule has 152 valence electrons. The maximum absolute atomic E-state index is 13.1. The third-order valence-corrected chi connectivity index (χ3v) is 4.56. The van der Waals surface area contributed by atoms with Gasteiger partial charge < -0.3 is 0 Å². The largest absolute Gasteiger partial charge is 0.433 e. The van der Waals surface area contributed by atoms with Crippen LogP contribution in [0.3, 0.4) is 0 Å². The van der Waals surface area contributed by atoms with Crippen LogP contribution in [0.25, 0.3) is 10.9 Å². The highest BCUT2D eigenvalue weighted by molar-refractivity contribution is 9.10. The molecule has 0 saturated heterocycles. The number of nitrogens with one attached hydrogen (secondary N) is 1. The normalized spacial score (nSPS) is 12.1. The number of halogens is 4. The number of carbonyl (C=O) groups excluding carboxylic acids is 1. The molecule has 5 nitrogen and oxygen atoms in total. The van der Waals surface area contributed by atoms with Crippen molar-refractivity contribution in [2.24, 2.45) is 0 Å². The van der Waals surface area contributed by atoms with Gasteiger partial charge in [0.2, 0.25) is 0 Å². The quantitative estimate of drug-likeness (QED) is 0.485. The Morgan fingerprint density at radius 2 is 1.83 bits per heavy atom. The first-order chi connectivity index (χ1) is 13.5. The standard InChI is InChI=1S/C20H18BrF3N4O/c1-19(2,3)28(15-9-10-25-14-8-7-12(21)11-13(14)15)18(29)27-17-6-4-5-16(26-17)20(22,23)24/h4-11H,1-3H3,(H,26,27,29). The molecule has 2 aromatic heterocycles. The molecule has 1 aromatic carbocycles. The summed E-state index contributed by atoms with van der Waals surface area (Å²) in [6, 6.07) is 9.96. The maximum Gasteiger partial charge on any atom is 0.433 e. The summed E-state index contributed by atoms with van der Waals surface area (Å²) in [5.41, 5.74) is -0.489. The Morgan fingerprint density at radius 3 is 2.48 bits per heavy atom. The average Bonchev–Trinajstić information content (AvgIpc) is 2.60. The van der Waals surface area contributed by atoms with Crippen molar-refractivity contribution in [3.8, 4) is 0 Å². The van der Waals surface area contributed by atoms with E-state index in [0.717, 1.165) is 15.9 Å². The van der Waals surface area contributed by atoms with Crippen molar-refractivity contribution in [3.63, 3.8) is 0 Å². The van der Waals surface area contributed by atoms with Crippen molar-refractivity contribution in [3.05, 3.63) is 58.8 Å². The van der Waals surface area contributed by atoms with Gasteiger partial charge in [0, 0.05) is 21.6 Å². The molecule has 0 bridgehead atoms. The molecule has 0 atom stereocenters. The molecular weight excluding hydrogens is 449 g/mol. The van der Waals surface area contributed by atoms with Crippen molar-refractivity contribution >= 4 is 44.4 Å². The summed E-state index contributed by atoms with van der Waals surface area (Å²) in [7, 11) is 0. The van der Waals surface area contributed by atoms with Gasteiger partial charge >= 0.3 is 12.2 Å². The molecule has 2 amide bonds. The zero-order valence-electron chi connectivity index (χ0n) is 15.9. The Kier molecular flexibility index (Phi) is 5.53. The van der Waals surface area contributed by atoms with Gasteiger partial charge in [0.1, 0.15) is 11.5 Å². The second kappa shape index (κ2) is 7.62. The molecule has 0 saturated carbocycles. The van der Waals surface area contributed by atoms with Crippen LogP contribution in [-0.2, 0) is 6.18 Å². The van der Waals surface area contributed by atoms with Gasteiger partial charge in [-0.05, 0) is 57.2 Å². The molecule has 3 rings (SSSR count). The molecule has 0 radical (unpaired) electrons. The number of nitrogens with zero attached hydrogens (tertiary/aromatic N) is 3. The molecule has 0 spiro atoms. The Bertz CT molecular complexity index is 1060. The summed E-state index contributed by atoms with van der Waals surface area (Å²) in [5, 5.41) is 3.21. The van der Waals surface area contributed by atoms with Gasteiger partial charge in [-0.3, -0.25) is 15.2 Å². The van der Waals surface area contributed by atoms with Crippen molar-refractivity contribution in [1.29, 1.82) is 0 Å². The van der Waals surface area contributed by atoms with Gasteiger partial charge in [0.25, 0.3) is 0 Å². The Labute approximate surface area is 174 Å². The van der Waals surface area contributed by atoms with E-state index in [1.165, 1.54) is 17.0 Å². The molecule has 0 aliphatic heterocycles. The van der Waals surface area contributed by atoms with Crippen molar-refractivity contribution < 1.29 is 18.0 Å². The first kappa shape index (κ1) is 21.0. The number of urea groups is 1. The van der Waals surface area contributed by atoms with Crippen molar-refractivity contribution in [2.75, 3.05) is 10.2 Å². The van der Waals surface area contributed by atoms with Gasteiger partial charge in [-0.15, -0.1) is 0 Å². The third kappa shape index (κ3) is 4.67. The minimum atomic E-state index is -4.60. The summed E-state index contributed by atoms with van der Waals surface area (Å²) in [5.74, 6) is -0.182. The predicted octanol–water partition coefficient (Wildman–Crippen LogP) is 6.25. The first-order valence-electron chi connectivity index (χ1n) is 8.66. The summed E-state index contributed by atoms with van der Waals surface area (Å²) in [6.45, 7) is 5.49. The lowest BCUT2D eigenvalue weighted by Crippen LogP contribution is -2.48. The highest BCUT2D eigenvalue weighted by Crippen LogP contribution is 2.33. The zero-order valence-corrected chi connectivity index (χ0v) is 17.5. The van der Waals surface area contributed by atoms with E-state index in [0.29, 0.717) is 11.2 Å². The highest BCUT2D eigenvalue weighted by Gasteiger charge is 2.33. The van der Waals surface area contributed by atoms with E-state index < -0.39 is 23.4 Å². The van der Waals surface area contributed by atoms with E-state index in [1.54, 1.807) is 12.3 Å². The van der Waals surface area contributed by atoms with Crippen LogP contribution in [0.5, 0.6) is 0 Å². The predicted molar refractivity (Wildman–Crippen MR) is 110 cm³/mol. The number of carbonyl (C=O) groups is 1. The summed E-state index contributed by atoms with van der Waals surface area (Å²) in [6.07, 6.45) is -3.02. The van der Waals surface area contributed by atoms with Crippen LogP contribution in [0, 0.1) is 0 Å². The second-order valence-corrected chi connectivity index (χ2v) is 8.25. The van der Waals surface area contributed by atoms with E-state index >= 15 is 0 Å². The van der Waals surface area contributed by atoms with Crippen LogP contribution in [0.2, 0.25) is 0 Å². The minimum Gasteiger partial charge on any atom is -0.292 e. The Balaban J connectivity index is 2.03. The fourth-order valence-corrected chi connectivity index (χ4v) is 3.26. The van der Waals surface area contributed by atoms with E-state index in [4.69, 9.17) is 0 Å². The molecule has 9 heteroatoms. The van der Waals surface area contributed by atoms with E-state index in [2.05, 4.69) is 31.2 Å². The van der Waals surface area contributed by atoms with Gasteiger partial charge in [0.15, 0.2) is 0 Å². The molecule has 2 heterocycles. The van der Waals surface area contributed by atoms with Crippen LogP contribution < -0.4 is 10.2 Å².